The molecule has 0 saturated heterocycles. The normalized spacial score (nSPS) is 12.8. The van der Waals surface area contributed by atoms with Gasteiger partial charge in [0.15, 0.2) is 5.58 Å². The highest BCUT2D eigenvalue weighted by Crippen LogP contribution is 2.34. The number of alkyl halides is 1. The fraction of sp³-hybridized carbons (Fsp3) is 0.0714. The zero-order valence-corrected chi connectivity index (χ0v) is 11.9. The predicted octanol–water partition coefficient (Wildman–Crippen LogP) is 5.46. The van der Waals surface area contributed by atoms with Gasteiger partial charge in [-0.15, -0.1) is 11.6 Å². The van der Waals surface area contributed by atoms with E-state index in [0.29, 0.717) is 27.0 Å². The Hall–Kier alpha value is -1.22. The van der Waals surface area contributed by atoms with Crippen LogP contribution in [0.1, 0.15) is 16.8 Å². The summed E-state index contributed by atoms with van der Waals surface area (Å²) in [6.45, 7) is 0. The van der Waals surface area contributed by atoms with Crippen molar-refractivity contribution in [3.63, 3.8) is 0 Å². The smallest absolute Gasteiger partial charge is 0.218 e. The van der Waals surface area contributed by atoms with Crippen LogP contribution < -0.4 is 0 Å². The number of fused-ring (bicyclic) bond motifs is 1. The largest absolute Gasteiger partial charge is 0.437 e. The maximum absolute atomic E-state index is 6.36. The van der Waals surface area contributed by atoms with Gasteiger partial charge in [0.2, 0.25) is 5.89 Å². The van der Waals surface area contributed by atoms with Crippen molar-refractivity contribution >= 4 is 45.9 Å². The van der Waals surface area contributed by atoms with Crippen molar-refractivity contribution in [3.05, 3.63) is 64.0 Å². The summed E-state index contributed by atoms with van der Waals surface area (Å²) in [6.07, 6.45) is 0. The summed E-state index contributed by atoms with van der Waals surface area (Å²) in [6, 6.07) is 12.9. The molecule has 0 fully saturated rings. The molecule has 2 aromatic carbocycles. The number of hydrogen-bond acceptors (Lipinski definition) is 2. The van der Waals surface area contributed by atoms with Gasteiger partial charge in [-0.05, 0) is 17.7 Å². The van der Waals surface area contributed by atoms with Crippen molar-refractivity contribution < 1.29 is 4.42 Å². The lowest BCUT2D eigenvalue weighted by atomic mass is 10.1. The van der Waals surface area contributed by atoms with E-state index < -0.39 is 5.38 Å². The Balaban J connectivity index is 2.09. The fourth-order valence-corrected chi connectivity index (χ4v) is 2.61. The number of hydrogen-bond donors (Lipinski definition) is 0. The number of aromatic nitrogens is 1. The summed E-state index contributed by atoms with van der Waals surface area (Å²) in [5.41, 5.74) is 2.02. The Morgan fingerprint density at radius 1 is 1.05 bits per heavy atom. The molecule has 19 heavy (non-hydrogen) atoms. The molecule has 0 bridgehead atoms. The van der Waals surface area contributed by atoms with E-state index in [9.17, 15) is 0 Å². The van der Waals surface area contributed by atoms with E-state index in [0.717, 1.165) is 5.56 Å². The topological polar surface area (TPSA) is 26.0 Å². The second-order valence-corrected chi connectivity index (χ2v) is 5.34. The average molecular weight is 313 g/mol. The Morgan fingerprint density at radius 3 is 2.53 bits per heavy atom. The lowest BCUT2D eigenvalue weighted by molar-refractivity contribution is 0.538. The molecule has 1 heterocycles. The van der Waals surface area contributed by atoms with Crippen molar-refractivity contribution in [2.45, 2.75) is 5.38 Å². The van der Waals surface area contributed by atoms with Gasteiger partial charge in [0, 0.05) is 5.02 Å². The van der Waals surface area contributed by atoms with Crippen molar-refractivity contribution in [2.75, 3.05) is 0 Å². The Kier molecular flexibility index (Phi) is 3.40. The van der Waals surface area contributed by atoms with Crippen molar-refractivity contribution in [1.82, 2.24) is 4.98 Å². The van der Waals surface area contributed by atoms with E-state index in [4.69, 9.17) is 39.2 Å². The highest BCUT2D eigenvalue weighted by Gasteiger charge is 2.19. The Labute approximate surface area is 124 Å². The predicted molar refractivity (Wildman–Crippen MR) is 78.2 cm³/mol. The van der Waals surface area contributed by atoms with E-state index in [1.165, 1.54) is 0 Å². The second-order valence-electron chi connectivity index (χ2n) is 4.06. The minimum atomic E-state index is -0.455. The van der Waals surface area contributed by atoms with Crippen LogP contribution in [0.4, 0.5) is 0 Å². The van der Waals surface area contributed by atoms with Gasteiger partial charge in [-0.2, -0.15) is 0 Å². The standard InChI is InChI=1S/C14H8Cl3NO/c15-9-6-10(16)13-11(7-9)18-14(19-13)12(17)8-4-2-1-3-5-8/h1-7,12H. The first-order chi connectivity index (χ1) is 9.15. The number of benzene rings is 2. The quantitative estimate of drug-likeness (QED) is 0.587. The third-order valence-electron chi connectivity index (χ3n) is 2.74. The maximum Gasteiger partial charge on any atom is 0.218 e. The fourth-order valence-electron chi connectivity index (χ4n) is 1.85. The molecule has 0 N–H and O–H groups in total. The van der Waals surface area contributed by atoms with E-state index in [2.05, 4.69) is 4.98 Å². The summed E-state index contributed by atoms with van der Waals surface area (Å²) in [7, 11) is 0. The van der Waals surface area contributed by atoms with Gasteiger partial charge in [-0.25, -0.2) is 4.98 Å². The van der Waals surface area contributed by atoms with Crippen LogP contribution in [0.15, 0.2) is 46.9 Å². The van der Waals surface area contributed by atoms with Crippen LogP contribution in [0.25, 0.3) is 11.1 Å². The third-order valence-corrected chi connectivity index (χ3v) is 3.67. The molecule has 0 radical (unpaired) electrons. The zero-order valence-electron chi connectivity index (χ0n) is 9.61. The van der Waals surface area contributed by atoms with Crippen LogP contribution in [0.2, 0.25) is 10.0 Å². The van der Waals surface area contributed by atoms with Crippen LogP contribution in [0.3, 0.4) is 0 Å². The molecule has 1 unspecified atom stereocenters. The summed E-state index contributed by atoms with van der Waals surface area (Å²) < 4.78 is 5.64. The molecule has 0 amide bonds. The van der Waals surface area contributed by atoms with Gasteiger partial charge in [0.25, 0.3) is 0 Å². The molecule has 3 aromatic rings. The van der Waals surface area contributed by atoms with Crippen molar-refractivity contribution in [2.24, 2.45) is 0 Å². The Morgan fingerprint density at radius 2 is 1.79 bits per heavy atom. The van der Waals surface area contributed by atoms with Gasteiger partial charge in [0.1, 0.15) is 10.9 Å². The van der Waals surface area contributed by atoms with Gasteiger partial charge in [-0.3, -0.25) is 0 Å². The van der Waals surface area contributed by atoms with Gasteiger partial charge in [0.05, 0.1) is 5.02 Å². The number of oxazole rings is 1. The molecular formula is C14H8Cl3NO. The average Bonchev–Trinajstić information content (AvgIpc) is 2.83. The van der Waals surface area contributed by atoms with Crippen molar-refractivity contribution in [3.8, 4) is 0 Å². The van der Waals surface area contributed by atoms with Crippen LogP contribution >= 0.6 is 34.8 Å². The van der Waals surface area contributed by atoms with Gasteiger partial charge in [-0.1, -0.05) is 53.5 Å². The molecule has 0 spiro atoms. The molecule has 3 rings (SSSR count). The highest BCUT2D eigenvalue weighted by atomic mass is 35.5. The molecule has 96 valence electrons. The minimum Gasteiger partial charge on any atom is -0.437 e. The van der Waals surface area contributed by atoms with Crippen LogP contribution in [-0.2, 0) is 0 Å². The second kappa shape index (κ2) is 5.04. The first-order valence-electron chi connectivity index (χ1n) is 5.59. The Bertz CT molecular complexity index is 724. The van der Waals surface area contributed by atoms with E-state index in [-0.39, 0.29) is 0 Å². The summed E-state index contributed by atoms with van der Waals surface area (Å²) >= 11 is 18.4. The first-order valence-corrected chi connectivity index (χ1v) is 6.79. The van der Waals surface area contributed by atoms with Crippen molar-refractivity contribution in [1.29, 1.82) is 0 Å². The third kappa shape index (κ3) is 2.44. The summed E-state index contributed by atoms with van der Waals surface area (Å²) in [5, 5.41) is 0.491. The number of nitrogens with zero attached hydrogens (tertiary/aromatic N) is 1. The molecule has 0 aliphatic carbocycles. The monoisotopic (exact) mass is 311 g/mol. The molecule has 0 aliphatic heterocycles. The number of rotatable bonds is 2. The zero-order chi connectivity index (χ0) is 13.4. The lowest BCUT2D eigenvalue weighted by Gasteiger charge is -2.04. The molecule has 1 atom stereocenters. The SMILES string of the molecule is Clc1cc(Cl)c2oc(C(Cl)c3ccccc3)nc2c1. The molecule has 5 heteroatoms. The minimum absolute atomic E-state index is 0.409. The lowest BCUT2D eigenvalue weighted by Crippen LogP contribution is -1.92. The molecule has 1 aromatic heterocycles. The van der Waals surface area contributed by atoms with Crippen LogP contribution in [0.5, 0.6) is 0 Å². The summed E-state index contributed by atoms with van der Waals surface area (Å²) in [4.78, 5) is 4.34. The van der Waals surface area contributed by atoms with Gasteiger partial charge >= 0.3 is 0 Å². The maximum atomic E-state index is 6.36. The van der Waals surface area contributed by atoms with Gasteiger partial charge < -0.3 is 4.42 Å². The summed E-state index contributed by atoms with van der Waals surface area (Å²) in [5.74, 6) is 0.409. The van der Waals surface area contributed by atoms with E-state index in [1.54, 1.807) is 12.1 Å². The van der Waals surface area contributed by atoms with E-state index in [1.807, 2.05) is 30.3 Å². The first kappa shape index (κ1) is 12.8. The highest BCUT2D eigenvalue weighted by molar-refractivity contribution is 6.38. The molecule has 2 nitrogen and oxygen atoms in total. The molecule has 0 saturated carbocycles. The number of halogens is 3. The molecular weight excluding hydrogens is 305 g/mol. The van der Waals surface area contributed by atoms with Crippen LogP contribution in [0, 0.1) is 0 Å². The molecule has 0 aliphatic rings. The van der Waals surface area contributed by atoms with E-state index >= 15 is 0 Å². The van der Waals surface area contributed by atoms with Crippen LogP contribution in [-0.4, -0.2) is 4.98 Å².